The highest BCUT2D eigenvalue weighted by Gasteiger charge is 2.27. The fourth-order valence-corrected chi connectivity index (χ4v) is 3.36. The van der Waals surface area contributed by atoms with Crippen LogP contribution in [-0.2, 0) is 17.8 Å². The van der Waals surface area contributed by atoms with E-state index in [9.17, 15) is 9.59 Å². The van der Waals surface area contributed by atoms with Gasteiger partial charge in [-0.05, 0) is 49.9 Å². The van der Waals surface area contributed by atoms with Crippen LogP contribution < -0.4 is 4.74 Å². The lowest BCUT2D eigenvalue weighted by molar-refractivity contribution is -0.137. The van der Waals surface area contributed by atoms with Crippen LogP contribution >= 0.6 is 0 Å². The molecule has 8 nitrogen and oxygen atoms in total. The van der Waals surface area contributed by atoms with Gasteiger partial charge in [-0.3, -0.25) is 9.59 Å². The van der Waals surface area contributed by atoms with Gasteiger partial charge in [-0.25, -0.2) is 0 Å². The molecule has 2 heterocycles. The van der Waals surface area contributed by atoms with E-state index >= 15 is 0 Å². The number of carboxylic acids is 1. The van der Waals surface area contributed by atoms with Gasteiger partial charge >= 0.3 is 5.97 Å². The Hall–Kier alpha value is -2.90. The van der Waals surface area contributed by atoms with Gasteiger partial charge in [-0.1, -0.05) is 12.1 Å². The van der Waals surface area contributed by atoms with E-state index in [1.54, 1.807) is 24.3 Å². The summed E-state index contributed by atoms with van der Waals surface area (Å²) in [6.45, 7) is 2.79. The van der Waals surface area contributed by atoms with Crippen LogP contribution in [-0.4, -0.2) is 44.6 Å². The monoisotopic (exact) mass is 387 g/mol. The fraction of sp³-hybridized carbons (Fsp3) is 0.500. The third-order valence-corrected chi connectivity index (χ3v) is 4.86. The molecule has 1 unspecified atom stereocenters. The number of amides is 1. The van der Waals surface area contributed by atoms with Crippen LogP contribution in [0.3, 0.4) is 0 Å². The summed E-state index contributed by atoms with van der Waals surface area (Å²) in [5, 5.41) is 12.8. The van der Waals surface area contributed by atoms with Gasteiger partial charge in [0.25, 0.3) is 5.91 Å². The molecule has 0 radical (unpaired) electrons. The molecule has 0 aliphatic carbocycles. The first-order chi connectivity index (χ1) is 13.6. The molecule has 1 fully saturated rings. The van der Waals surface area contributed by atoms with Gasteiger partial charge in [-0.15, -0.1) is 0 Å². The lowest BCUT2D eigenvalue weighted by Crippen LogP contribution is -2.43. The van der Waals surface area contributed by atoms with Crippen LogP contribution in [0.1, 0.15) is 61.1 Å². The fourth-order valence-electron chi connectivity index (χ4n) is 3.36. The minimum Gasteiger partial charge on any atom is -0.485 e. The van der Waals surface area contributed by atoms with E-state index in [-0.39, 0.29) is 25.0 Å². The maximum atomic E-state index is 12.9. The van der Waals surface area contributed by atoms with Crippen molar-refractivity contribution in [2.45, 2.75) is 58.1 Å². The lowest BCUT2D eigenvalue weighted by atomic mass is 9.97. The van der Waals surface area contributed by atoms with Gasteiger partial charge in [0.15, 0.2) is 6.61 Å². The van der Waals surface area contributed by atoms with E-state index < -0.39 is 5.97 Å². The maximum absolute atomic E-state index is 12.9. The molecule has 1 aliphatic heterocycles. The van der Waals surface area contributed by atoms with Crippen molar-refractivity contribution in [3.8, 4) is 5.75 Å². The molecule has 150 valence electrons. The number of rotatable bonds is 8. The highest BCUT2D eigenvalue weighted by molar-refractivity contribution is 5.94. The smallest absolute Gasteiger partial charge is 0.303 e. The van der Waals surface area contributed by atoms with Crippen LogP contribution in [0.5, 0.6) is 5.75 Å². The number of carbonyl (C=O) groups excluding carboxylic acids is 1. The van der Waals surface area contributed by atoms with Crippen molar-refractivity contribution in [1.82, 2.24) is 15.0 Å². The maximum Gasteiger partial charge on any atom is 0.303 e. The molecule has 1 aliphatic rings. The minimum atomic E-state index is -0.827. The number of hydrogen-bond acceptors (Lipinski definition) is 6. The molecule has 1 amide bonds. The number of benzene rings is 1. The number of nitrogens with zero attached hydrogens (tertiary/aromatic N) is 3. The Morgan fingerprint density at radius 1 is 1.29 bits per heavy atom. The molecule has 1 saturated heterocycles. The number of aromatic nitrogens is 2. The Morgan fingerprint density at radius 3 is 2.75 bits per heavy atom. The number of ether oxygens (including phenoxy) is 1. The zero-order chi connectivity index (χ0) is 19.9. The molecule has 0 saturated carbocycles. The number of aryl methyl sites for hydroxylation is 1. The molecule has 28 heavy (non-hydrogen) atoms. The van der Waals surface area contributed by atoms with Crippen molar-refractivity contribution in [3.05, 3.63) is 41.5 Å². The number of aliphatic carboxylic acids is 1. The second-order valence-electron chi connectivity index (χ2n) is 6.85. The topological polar surface area (TPSA) is 106 Å². The average Bonchev–Trinajstić information content (AvgIpc) is 3.19. The molecule has 8 heteroatoms. The van der Waals surface area contributed by atoms with Crippen LogP contribution in [0, 0.1) is 0 Å². The third kappa shape index (κ3) is 5.09. The van der Waals surface area contributed by atoms with Crippen molar-refractivity contribution in [1.29, 1.82) is 0 Å². The lowest BCUT2D eigenvalue weighted by Gasteiger charge is -2.35. The second-order valence-corrected chi connectivity index (χ2v) is 6.85. The van der Waals surface area contributed by atoms with Crippen LogP contribution in [0.15, 0.2) is 28.8 Å². The largest absolute Gasteiger partial charge is 0.485 e. The van der Waals surface area contributed by atoms with Crippen molar-refractivity contribution in [2.75, 3.05) is 6.54 Å². The number of piperidine rings is 1. The van der Waals surface area contributed by atoms with Crippen molar-refractivity contribution < 1.29 is 24.0 Å². The Kier molecular flexibility index (Phi) is 6.62. The number of likely N-dealkylation sites (tertiary alicyclic amines) is 1. The van der Waals surface area contributed by atoms with E-state index in [2.05, 4.69) is 10.1 Å². The molecule has 1 aromatic heterocycles. The summed E-state index contributed by atoms with van der Waals surface area (Å²) in [6.07, 6.45) is 4.07. The molecular weight excluding hydrogens is 362 g/mol. The SMILES string of the molecule is CCc1nc(COc2ccc(C(=O)N3CCCCC3CCC(=O)O)cc2)no1. The Labute approximate surface area is 163 Å². The molecule has 1 N–H and O–H groups in total. The molecule has 1 atom stereocenters. The molecule has 0 spiro atoms. The summed E-state index contributed by atoms with van der Waals surface area (Å²) in [7, 11) is 0. The first-order valence-corrected chi connectivity index (χ1v) is 9.64. The predicted molar refractivity (Wildman–Crippen MR) is 100.0 cm³/mol. The summed E-state index contributed by atoms with van der Waals surface area (Å²) in [5.74, 6) is 0.769. The van der Waals surface area contributed by atoms with Crippen LogP contribution in [0.4, 0.5) is 0 Å². The van der Waals surface area contributed by atoms with Gasteiger partial charge in [0.05, 0.1) is 0 Å². The highest BCUT2D eigenvalue weighted by Crippen LogP contribution is 2.24. The highest BCUT2D eigenvalue weighted by atomic mass is 16.5. The van der Waals surface area contributed by atoms with E-state index in [0.29, 0.717) is 42.4 Å². The molecule has 3 rings (SSSR count). The van der Waals surface area contributed by atoms with Crippen molar-refractivity contribution in [2.24, 2.45) is 0 Å². The zero-order valence-corrected chi connectivity index (χ0v) is 16.0. The Morgan fingerprint density at radius 2 is 2.07 bits per heavy atom. The molecule has 1 aromatic carbocycles. The first kappa shape index (κ1) is 19.9. The van der Waals surface area contributed by atoms with E-state index in [0.717, 1.165) is 19.3 Å². The first-order valence-electron chi connectivity index (χ1n) is 9.64. The van der Waals surface area contributed by atoms with Gasteiger partial charge < -0.3 is 19.3 Å². The summed E-state index contributed by atoms with van der Waals surface area (Å²) in [6, 6.07) is 6.93. The third-order valence-electron chi connectivity index (χ3n) is 4.86. The average molecular weight is 387 g/mol. The zero-order valence-electron chi connectivity index (χ0n) is 16.0. The quantitative estimate of drug-likeness (QED) is 0.742. The number of hydrogen-bond donors (Lipinski definition) is 1. The summed E-state index contributed by atoms with van der Waals surface area (Å²) < 4.78 is 10.7. The van der Waals surface area contributed by atoms with Crippen LogP contribution in [0.25, 0.3) is 0 Å². The standard InChI is InChI=1S/C20H25N3O5/c1-2-18-21-17(22-28-18)13-27-16-9-6-14(7-10-16)20(26)23-12-4-3-5-15(23)8-11-19(24)25/h6-7,9-10,15H,2-5,8,11-13H2,1H3,(H,24,25). The minimum absolute atomic E-state index is 0.0146. The second kappa shape index (κ2) is 9.34. The van der Waals surface area contributed by atoms with Crippen molar-refractivity contribution >= 4 is 11.9 Å². The Balaban J connectivity index is 1.59. The van der Waals surface area contributed by atoms with E-state index in [1.807, 2.05) is 11.8 Å². The summed E-state index contributed by atoms with van der Waals surface area (Å²) in [5.41, 5.74) is 0.572. The normalized spacial score (nSPS) is 16.8. The van der Waals surface area contributed by atoms with E-state index in [1.165, 1.54) is 0 Å². The molecular formula is C20H25N3O5. The van der Waals surface area contributed by atoms with Gasteiger partial charge in [0.1, 0.15) is 5.75 Å². The molecule has 0 bridgehead atoms. The molecule has 2 aromatic rings. The number of carboxylic acid groups (broad SMARTS) is 1. The summed E-state index contributed by atoms with van der Waals surface area (Å²) >= 11 is 0. The number of carbonyl (C=O) groups is 2. The summed E-state index contributed by atoms with van der Waals surface area (Å²) in [4.78, 5) is 29.8. The van der Waals surface area contributed by atoms with Gasteiger partial charge in [-0.2, -0.15) is 4.98 Å². The van der Waals surface area contributed by atoms with Crippen LogP contribution in [0.2, 0.25) is 0 Å². The Bertz CT molecular complexity index is 802. The van der Waals surface area contributed by atoms with Gasteiger partial charge in [0, 0.05) is 31.0 Å². The predicted octanol–water partition coefficient (Wildman–Crippen LogP) is 3.07. The van der Waals surface area contributed by atoms with Gasteiger partial charge in [0.2, 0.25) is 11.7 Å². The van der Waals surface area contributed by atoms with Crippen molar-refractivity contribution in [3.63, 3.8) is 0 Å². The van der Waals surface area contributed by atoms with E-state index in [4.69, 9.17) is 14.4 Å².